The summed E-state index contributed by atoms with van der Waals surface area (Å²) in [6.45, 7) is 7.87. The molecule has 1 aromatic carbocycles. The average molecular weight is 326 g/mol. The predicted octanol–water partition coefficient (Wildman–Crippen LogP) is 3.54. The van der Waals surface area contributed by atoms with Crippen molar-refractivity contribution < 1.29 is 9.84 Å². The van der Waals surface area contributed by atoms with Crippen LogP contribution in [0.2, 0.25) is 0 Å². The molecule has 0 unspecified atom stereocenters. The van der Waals surface area contributed by atoms with Crippen molar-refractivity contribution in [2.24, 2.45) is 5.92 Å². The summed E-state index contributed by atoms with van der Waals surface area (Å²) in [6, 6.07) is 6.10. The molecule has 4 heteroatoms. The molecule has 3 nitrogen and oxygen atoms in total. The number of fused-ring (bicyclic) bond motifs is 1. The van der Waals surface area contributed by atoms with Crippen LogP contribution in [0.1, 0.15) is 50.3 Å². The van der Waals surface area contributed by atoms with Crippen molar-refractivity contribution in [2.75, 3.05) is 26.7 Å². The van der Waals surface area contributed by atoms with Gasteiger partial charge in [-0.15, -0.1) is 12.4 Å². The molecular weight excluding hydrogens is 298 g/mol. The molecule has 1 heterocycles. The monoisotopic (exact) mass is 325 g/mol. The lowest BCUT2D eigenvalue weighted by molar-refractivity contribution is 0.0541. The fraction of sp³-hybridized carbons (Fsp3) is 0.667. The van der Waals surface area contributed by atoms with Crippen molar-refractivity contribution in [2.45, 2.75) is 44.6 Å². The number of halogens is 1. The molecule has 22 heavy (non-hydrogen) atoms. The van der Waals surface area contributed by atoms with Crippen molar-refractivity contribution in [1.29, 1.82) is 0 Å². The van der Waals surface area contributed by atoms with Crippen LogP contribution < -0.4 is 4.74 Å². The third-order valence-electron chi connectivity index (χ3n) is 5.48. The number of aliphatic hydroxyl groups is 1. The lowest BCUT2D eigenvalue weighted by Crippen LogP contribution is -2.40. The number of hydrogen-bond acceptors (Lipinski definition) is 3. The molecule has 1 aliphatic heterocycles. The van der Waals surface area contributed by atoms with Crippen LogP contribution >= 0.6 is 12.4 Å². The van der Waals surface area contributed by atoms with Crippen LogP contribution in [0.15, 0.2) is 18.2 Å². The second-order valence-electron chi connectivity index (χ2n) is 7.09. The fourth-order valence-corrected chi connectivity index (χ4v) is 4.04. The van der Waals surface area contributed by atoms with Crippen molar-refractivity contribution in [3.8, 4) is 5.75 Å². The average Bonchev–Trinajstić information content (AvgIpc) is 2.69. The Morgan fingerprint density at radius 1 is 1.23 bits per heavy atom. The van der Waals surface area contributed by atoms with E-state index in [4.69, 9.17) is 4.74 Å². The molecular formula is C18H28ClNO2. The van der Waals surface area contributed by atoms with E-state index in [-0.39, 0.29) is 29.8 Å². The van der Waals surface area contributed by atoms with E-state index in [1.807, 2.05) is 12.1 Å². The molecule has 1 saturated heterocycles. The summed E-state index contributed by atoms with van der Waals surface area (Å²) < 4.78 is 5.36. The van der Waals surface area contributed by atoms with Crippen LogP contribution in [0.5, 0.6) is 5.75 Å². The van der Waals surface area contributed by atoms with Gasteiger partial charge in [-0.3, -0.25) is 0 Å². The van der Waals surface area contributed by atoms with Gasteiger partial charge >= 0.3 is 0 Å². The number of nitrogens with zero attached hydrogens (tertiary/aromatic N) is 1. The van der Waals surface area contributed by atoms with Gasteiger partial charge < -0.3 is 14.7 Å². The van der Waals surface area contributed by atoms with E-state index >= 15 is 0 Å². The minimum atomic E-state index is -0.358. The van der Waals surface area contributed by atoms with Crippen molar-refractivity contribution in [1.82, 2.24) is 4.90 Å². The third kappa shape index (κ3) is 2.99. The first-order valence-corrected chi connectivity index (χ1v) is 8.13. The molecule has 0 aromatic heterocycles. The maximum Gasteiger partial charge on any atom is 0.119 e. The summed E-state index contributed by atoms with van der Waals surface area (Å²) in [5.41, 5.74) is 2.32. The Morgan fingerprint density at radius 2 is 1.91 bits per heavy atom. The highest BCUT2D eigenvalue weighted by Gasteiger charge is 2.46. The van der Waals surface area contributed by atoms with Gasteiger partial charge in [0, 0.05) is 12.5 Å². The molecule has 1 N–H and O–H groups in total. The standard InChI is InChI=1S/C18H27NO2.ClH/c1-18(2)15-11-13(21-3)7-8-14(15)17(20)16(18)12-19-9-5-4-6-10-19;/h7-8,11,16-17,20H,4-6,9-10,12H2,1-3H3;1H/t16-,17+;/m1./s1. The summed E-state index contributed by atoms with van der Waals surface area (Å²) in [6.07, 6.45) is 3.58. The maximum atomic E-state index is 10.8. The van der Waals surface area contributed by atoms with E-state index in [0.717, 1.165) is 17.9 Å². The number of rotatable bonds is 3. The van der Waals surface area contributed by atoms with Gasteiger partial charge in [-0.05, 0) is 54.6 Å². The molecule has 1 aliphatic carbocycles. The highest BCUT2D eigenvalue weighted by atomic mass is 35.5. The Labute approximate surface area is 140 Å². The van der Waals surface area contributed by atoms with Crippen LogP contribution in [0.3, 0.4) is 0 Å². The number of piperidine rings is 1. The summed E-state index contributed by atoms with van der Waals surface area (Å²) >= 11 is 0. The highest BCUT2D eigenvalue weighted by molar-refractivity contribution is 5.85. The maximum absolute atomic E-state index is 10.8. The molecule has 0 saturated carbocycles. The third-order valence-corrected chi connectivity index (χ3v) is 5.48. The van der Waals surface area contributed by atoms with Crippen molar-refractivity contribution in [3.63, 3.8) is 0 Å². The highest BCUT2D eigenvalue weighted by Crippen LogP contribution is 2.50. The van der Waals surface area contributed by atoms with Crippen LogP contribution in [0.4, 0.5) is 0 Å². The number of hydrogen-bond donors (Lipinski definition) is 1. The van der Waals surface area contributed by atoms with Crippen LogP contribution in [0.25, 0.3) is 0 Å². The number of aliphatic hydroxyl groups excluding tert-OH is 1. The Hall–Kier alpha value is -0.770. The van der Waals surface area contributed by atoms with E-state index in [1.165, 1.54) is 37.9 Å². The molecule has 124 valence electrons. The number of benzene rings is 1. The zero-order valence-corrected chi connectivity index (χ0v) is 14.7. The molecule has 3 rings (SSSR count). The van der Waals surface area contributed by atoms with Crippen LogP contribution in [0, 0.1) is 5.92 Å². The lowest BCUT2D eigenvalue weighted by Gasteiger charge is -2.36. The number of likely N-dealkylation sites (tertiary alicyclic amines) is 1. The molecule has 2 aliphatic rings. The lowest BCUT2D eigenvalue weighted by atomic mass is 9.77. The summed E-state index contributed by atoms with van der Waals surface area (Å²) in [5.74, 6) is 1.14. The number of methoxy groups -OCH3 is 1. The second kappa shape index (κ2) is 6.77. The zero-order chi connectivity index (χ0) is 15.0. The minimum absolute atomic E-state index is 0. The topological polar surface area (TPSA) is 32.7 Å². The molecule has 1 fully saturated rings. The Bertz CT molecular complexity index is 512. The largest absolute Gasteiger partial charge is 0.497 e. The molecule has 1 aromatic rings. The van der Waals surface area contributed by atoms with Gasteiger partial charge in [0.05, 0.1) is 13.2 Å². The van der Waals surface area contributed by atoms with Gasteiger partial charge in [-0.2, -0.15) is 0 Å². The van der Waals surface area contributed by atoms with Gasteiger partial charge in [0.2, 0.25) is 0 Å². The van der Waals surface area contributed by atoms with Gasteiger partial charge in [0.1, 0.15) is 5.75 Å². The summed E-state index contributed by atoms with van der Waals surface area (Å²) in [4.78, 5) is 2.53. The molecule has 0 radical (unpaired) electrons. The Morgan fingerprint density at radius 3 is 2.55 bits per heavy atom. The molecule has 0 spiro atoms. The van der Waals surface area contributed by atoms with Gasteiger partial charge in [-0.25, -0.2) is 0 Å². The fourth-order valence-electron chi connectivity index (χ4n) is 4.04. The molecule has 2 atom stereocenters. The minimum Gasteiger partial charge on any atom is -0.497 e. The van der Waals surface area contributed by atoms with Crippen LogP contribution in [-0.2, 0) is 5.41 Å². The predicted molar refractivity (Wildman–Crippen MR) is 92.0 cm³/mol. The Balaban J connectivity index is 0.00000176. The molecule has 0 amide bonds. The van der Waals surface area contributed by atoms with Gasteiger partial charge in [0.15, 0.2) is 0 Å². The quantitative estimate of drug-likeness (QED) is 0.922. The van der Waals surface area contributed by atoms with E-state index in [1.54, 1.807) is 7.11 Å². The first-order chi connectivity index (χ1) is 10.0. The van der Waals surface area contributed by atoms with E-state index in [2.05, 4.69) is 24.8 Å². The first kappa shape index (κ1) is 17.6. The van der Waals surface area contributed by atoms with Crippen molar-refractivity contribution in [3.05, 3.63) is 29.3 Å². The van der Waals surface area contributed by atoms with Crippen molar-refractivity contribution >= 4 is 12.4 Å². The number of ether oxygens (including phenoxy) is 1. The Kier molecular flexibility index (Phi) is 5.41. The van der Waals surface area contributed by atoms with Gasteiger partial charge in [0.25, 0.3) is 0 Å². The smallest absolute Gasteiger partial charge is 0.119 e. The molecule has 0 bridgehead atoms. The zero-order valence-electron chi connectivity index (χ0n) is 13.8. The van der Waals surface area contributed by atoms with E-state index in [9.17, 15) is 5.11 Å². The van der Waals surface area contributed by atoms with E-state index in [0.29, 0.717) is 0 Å². The normalized spacial score (nSPS) is 27.1. The first-order valence-electron chi connectivity index (χ1n) is 8.13. The van der Waals surface area contributed by atoms with Gasteiger partial charge in [-0.1, -0.05) is 26.3 Å². The second-order valence-corrected chi connectivity index (χ2v) is 7.09. The summed E-state index contributed by atoms with van der Waals surface area (Å²) in [7, 11) is 1.70. The summed E-state index contributed by atoms with van der Waals surface area (Å²) in [5, 5.41) is 10.8. The van der Waals surface area contributed by atoms with Crippen LogP contribution in [-0.4, -0.2) is 36.8 Å². The van der Waals surface area contributed by atoms with E-state index < -0.39 is 0 Å². The SMILES string of the molecule is COc1ccc2c(c1)C(C)(C)[C@H](CN1CCCCC1)[C@H]2O.Cl.